The maximum absolute atomic E-state index is 11.7. The zero-order chi connectivity index (χ0) is 18.4. The molecule has 0 spiro atoms. The summed E-state index contributed by atoms with van der Waals surface area (Å²) in [7, 11) is 0. The van der Waals surface area contributed by atoms with Crippen LogP contribution in [-0.2, 0) is 14.5 Å². The number of carbonyl (C=O) groups is 1. The van der Waals surface area contributed by atoms with Crippen molar-refractivity contribution in [3.63, 3.8) is 0 Å². The number of amides is 1. The minimum Gasteiger partial charge on any atom is -0.355 e. The number of nitrogens with zero attached hydrogens (tertiary/aromatic N) is 2. The molecule has 0 aliphatic heterocycles. The van der Waals surface area contributed by atoms with Crippen LogP contribution in [0.5, 0.6) is 0 Å². The van der Waals surface area contributed by atoms with E-state index >= 15 is 0 Å². The SMILES string of the molecule is NCCCCC(N)C(=O)NCCCCC(CON(O)O)ON(O)O. The first kappa shape index (κ1) is 23.1. The Morgan fingerprint density at radius 3 is 2.29 bits per heavy atom. The minimum atomic E-state index is -0.823. The van der Waals surface area contributed by atoms with Crippen molar-refractivity contribution in [1.82, 2.24) is 16.1 Å². The normalized spacial score (nSPS) is 14.2. The smallest absolute Gasteiger partial charge is 0.236 e. The van der Waals surface area contributed by atoms with Gasteiger partial charge in [0.2, 0.25) is 5.91 Å². The fourth-order valence-corrected chi connectivity index (χ4v) is 1.93. The van der Waals surface area contributed by atoms with Gasteiger partial charge in [-0.15, -0.1) is 0 Å². The molecule has 9 N–H and O–H groups in total. The summed E-state index contributed by atoms with van der Waals surface area (Å²) >= 11 is 0. The Balaban J connectivity index is 3.84. The van der Waals surface area contributed by atoms with Crippen LogP contribution in [0.15, 0.2) is 0 Å². The molecule has 12 heteroatoms. The summed E-state index contributed by atoms with van der Waals surface area (Å²) in [6, 6.07) is -0.557. The first-order chi connectivity index (χ1) is 11.4. The van der Waals surface area contributed by atoms with Crippen LogP contribution in [0.1, 0.15) is 38.5 Å². The number of nitrogens with one attached hydrogen (secondary N) is 1. The third kappa shape index (κ3) is 13.5. The Bertz CT molecular complexity index is 322. The van der Waals surface area contributed by atoms with E-state index in [2.05, 4.69) is 15.0 Å². The van der Waals surface area contributed by atoms with Crippen LogP contribution in [0.4, 0.5) is 0 Å². The molecule has 0 fully saturated rings. The maximum atomic E-state index is 11.7. The molecule has 0 bridgehead atoms. The van der Waals surface area contributed by atoms with Gasteiger partial charge >= 0.3 is 0 Å². The third-order valence-electron chi connectivity index (χ3n) is 3.18. The third-order valence-corrected chi connectivity index (χ3v) is 3.18. The molecular formula is C12H29N5O7. The van der Waals surface area contributed by atoms with Crippen molar-refractivity contribution >= 4 is 5.91 Å². The van der Waals surface area contributed by atoms with Gasteiger partial charge < -0.3 is 16.8 Å². The Labute approximate surface area is 140 Å². The summed E-state index contributed by atoms with van der Waals surface area (Å²) in [5, 5.41) is 35.8. The maximum Gasteiger partial charge on any atom is 0.236 e. The minimum absolute atomic E-state index is 0.226. The Hall–Kier alpha value is -0.930. The van der Waals surface area contributed by atoms with Gasteiger partial charge in [-0.3, -0.25) is 25.6 Å². The molecule has 0 radical (unpaired) electrons. The summed E-state index contributed by atoms with van der Waals surface area (Å²) in [6.07, 6.45) is 2.87. The second-order valence-corrected chi connectivity index (χ2v) is 5.21. The van der Waals surface area contributed by atoms with Crippen LogP contribution in [-0.4, -0.2) is 69.4 Å². The predicted octanol–water partition coefficient (Wildman–Crippen LogP) is -0.878. The highest BCUT2D eigenvalue weighted by molar-refractivity contribution is 5.81. The molecule has 0 heterocycles. The van der Waals surface area contributed by atoms with E-state index in [0.29, 0.717) is 38.8 Å². The van der Waals surface area contributed by atoms with Crippen molar-refractivity contribution < 1.29 is 35.3 Å². The van der Waals surface area contributed by atoms with Crippen LogP contribution in [0, 0.1) is 0 Å². The highest BCUT2D eigenvalue weighted by Crippen LogP contribution is 2.07. The molecule has 0 aliphatic rings. The van der Waals surface area contributed by atoms with Crippen LogP contribution in [0.3, 0.4) is 0 Å². The molecule has 1 amide bonds. The van der Waals surface area contributed by atoms with E-state index in [1.54, 1.807) is 0 Å². The number of unbranched alkanes of at least 4 members (excludes halogenated alkanes) is 2. The fraction of sp³-hybridized carbons (Fsp3) is 0.917. The lowest BCUT2D eigenvalue weighted by atomic mass is 10.1. The lowest BCUT2D eigenvalue weighted by Crippen LogP contribution is -2.41. The average Bonchev–Trinajstić information content (AvgIpc) is 2.51. The summed E-state index contributed by atoms with van der Waals surface area (Å²) in [6.45, 7) is 0.665. The molecule has 144 valence electrons. The average molecular weight is 355 g/mol. The van der Waals surface area contributed by atoms with Gasteiger partial charge in [-0.1, -0.05) is 6.42 Å². The van der Waals surface area contributed by atoms with Crippen LogP contribution >= 0.6 is 0 Å². The summed E-state index contributed by atoms with van der Waals surface area (Å²) in [4.78, 5) is 20.6. The number of hydrogen-bond acceptors (Lipinski definition) is 11. The largest absolute Gasteiger partial charge is 0.355 e. The summed E-state index contributed by atoms with van der Waals surface area (Å²) in [5.41, 5.74) is 11.1. The monoisotopic (exact) mass is 355 g/mol. The van der Waals surface area contributed by atoms with Crippen molar-refractivity contribution in [3.05, 3.63) is 0 Å². The van der Waals surface area contributed by atoms with Gasteiger partial charge in [-0.2, -0.15) is 0 Å². The van der Waals surface area contributed by atoms with Crippen molar-refractivity contribution in [2.24, 2.45) is 11.5 Å². The van der Waals surface area contributed by atoms with E-state index in [-0.39, 0.29) is 12.5 Å². The second kappa shape index (κ2) is 14.4. The van der Waals surface area contributed by atoms with Crippen molar-refractivity contribution in [1.29, 1.82) is 0 Å². The van der Waals surface area contributed by atoms with E-state index in [1.165, 1.54) is 0 Å². The quantitative estimate of drug-likeness (QED) is 0.143. The molecule has 2 atom stereocenters. The topological polar surface area (TPSA) is 187 Å². The standard InChI is InChI=1S/C12H29N5O7/c13-7-3-1-6-11(14)12(18)15-8-4-2-5-10(24-17(21)22)9-23-16(19)20/h10-11,19-22H,1-9,13-14H2,(H,15,18). The first-order valence-electron chi connectivity index (χ1n) is 7.75. The molecule has 0 aromatic rings. The lowest BCUT2D eigenvalue weighted by molar-refractivity contribution is -0.527. The van der Waals surface area contributed by atoms with Gasteiger partial charge in [0.25, 0.3) is 0 Å². The molecule has 24 heavy (non-hydrogen) atoms. The zero-order valence-corrected chi connectivity index (χ0v) is 13.6. The van der Waals surface area contributed by atoms with Crippen molar-refractivity contribution in [3.8, 4) is 0 Å². The highest BCUT2D eigenvalue weighted by atomic mass is 17.1. The van der Waals surface area contributed by atoms with Crippen LogP contribution in [0.2, 0.25) is 0 Å². The molecule has 0 saturated heterocycles. The van der Waals surface area contributed by atoms with Crippen LogP contribution in [0.25, 0.3) is 0 Å². The number of rotatable bonds is 15. The molecule has 0 aromatic carbocycles. The summed E-state index contributed by atoms with van der Waals surface area (Å²) < 4.78 is 0. The highest BCUT2D eigenvalue weighted by Gasteiger charge is 2.15. The Morgan fingerprint density at radius 2 is 1.71 bits per heavy atom. The molecular weight excluding hydrogens is 326 g/mol. The second-order valence-electron chi connectivity index (χ2n) is 5.21. The first-order valence-corrected chi connectivity index (χ1v) is 7.75. The Kier molecular flexibility index (Phi) is 13.9. The van der Waals surface area contributed by atoms with E-state index in [9.17, 15) is 4.79 Å². The van der Waals surface area contributed by atoms with E-state index < -0.39 is 22.9 Å². The van der Waals surface area contributed by atoms with E-state index in [4.69, 9.17) is 32.3 Å². The van der Waals surface area contributed by atoms with Gasteiger partial charge in [0.05, 0.1) is 16.8 Å². The molecule has 12 nitrogen and oxygen atoms in total. The van der Waals surface area contributed by atoms with Gasteiger partial charge in [-0.25, -0.2) is 9.68 Å². The molecule has 0 rings (SSSR count). The number of carbonyl (C=O) groups excluding carboxylic acids is 1. The van der Waals surface area contributed by atoms with Gasteiger partial charge in [0, 0.05) is 6.54 Å². The van der Waals surface area contributed by atoms with Crippen molar-refractivity contribution in [2.75, 3.05) is 19.7 Å². The van der Waals surface area contributed by atoms with Crippen molar-refractivity contribution in [2.45, 2.75) is 50.7 Å². The lowest BCUT2D eigenvalue weighted by Gasteiger charge is -2.19. The number of nitrogens with two attached hydrogens (primary N) is 2. The van der Waals surface area contributed by atoms with Gasteiger partial charge in [0.15, 0.2) is 0 Å². The zero-order valence-electron chi connectivity index (χ0n) is 13.6. The van der Waals surface area contributed by atoms with Gasteiger partial charge in [0.1, 0.15) is 12.7 Å². The fourth-order valence-electron chi connectivity index (χ4n) is 1.93. The molecule has 0 saturated carbocycles. The molecule has 2 unspecified atom stereocenters. The Morgan fingerprint density at radius 1 is 1.04 bits per heavy atom. The van der Waals surface area contributed by atoms with E-state index in [0.717, 1.165) is 12.8 Å². The molecule has 0 aromatic heterocycles. The van der Waals surface area contributed by atoms with Gasteiger partial charge in [-0.05, 0) is 38.6 Å². The van der Waals surface area contributed by atoms with E-state index in [1.807, 2.05) is 0 Å². The summed E-state index contributed by atoms with van der Waals surface area (Å²) in [5.74, 6) is -0.226. The number of hydrogen-bond donors (Lipinski definition) is 7. The predicted molar refractivity (Wildman–Crippen MR) is 79.4 cm³/mol. The molecule has 0 aliphatic carbocycles. The van der Waals surface area contributed by atoms with Crippen LogP contribution < -0.4 is 16.8 Å².